The highest BCUT2D eigenvalue weighted by atomic mass is 16.7. The van der Waals surface area contributed by atoms with Crippen LogP contribution in [0.2, 0.25) is 0 Å². The minimum absolute atomic E-state index is 0.00622. The molecule has 0 aromatic heterocycles. The second-order valence-electron chi connectivity index (χ2n) is 14.2. The summed E-state index contributed by atoms with van der Waals surface area (Å²) in [7, 11) is 0. The molecule has 2 fully saturated rings. The zero-order valence-electron chi connectivity index (χ0n) is 31.9. The van der Waals surface area contributed by atoms with Crippen molar-refractivity contribution in [3.63, 3.8) is 0 Å². The molecule has 1 aliphatic carbocycles. The van der Waals surface area contributed by atoms with Gasteiger partial charge in [-0.25, -0.2) is 0 Å². The summed E-state index contributed by atoms with van der Waals surface area (Å²) in [6, 6.07) is 37.2. The van der Waals surface area contributed by atoms with Gasteiger partial charge in [0.25, 0.3) is 0 Å². The van der Waals surface area contributed by atoms with Crippen LogP contribution in [0.25, 0.3) is 10.4 Å². The van der Waals surface area contributed by atoms with E-state index in [4.69, 9.17) is 38.7 Å². The SMILES string of the molecule is [N-]=[N+]=N[C@H](CO)CO[C@@H]1[C@@H](O)[C@H](O)[C@@H](O)[C@H](O)[C@@H]1O[C@H]1O[C@H](COCc2ccccc2)[C@@H](OCc2ccccc2)[C@H](OCc2ccccc2)[C@@H]1OCc1ccccc1. The standard InChI is InChI=1S/C43H51N3O12/c44-46-45-32(21-47)26-56-39-36(50)34(48)35(49)37(51)40(39)58-43-42(55-25-31-19-11-4-12-20-31)41(54-24-30-17-9-3-10-18-30)38(53-23-29-15-7-2-8-16-29)33(57-43)27-52-22-28-13-5-1-6-14-28/h1-20,32-43,47-51H,21-27H2/t32-,33-,34-,35-,36+,37+,38-,39-,40+,41+,42+,43-/m1/s1. The summed E-state index contributed by atoms with van der Waals surface area (Å²) < 4.78 is 45.5. The molecule has 1 heterocycles. The molecule has 15 heteroatoms. The fraction of sp³-hybridized carbons (Fsp3) is 0.442. The third-order valence-corrected chi connectivity index (χ3v) is 10.1. The van der Waals surface area contributed by atoms with E-state index in [9.17, 15) is 25.5 Å². The van der Waals surface area contributed by atoms with Gasteiger partial charge in [0.05, 0.1) is 52.3 Å². The van der Waals surface area contributed by atoms with Crippen LogP contribution in [0.4, 0.5) is 0 Å². The van der Waals surface area contributed by atoms with E-state index in [1.165, 1.54) is 0 Å². The first-order chi connectivity index (χ1) is 28.4. The molecule has 6 rings (SSSR count). The van der Waals surface area contributed by atoms with Crippen LogP contribution in [0.1, 0.15) is 22.3 Å². The Morgan fingerprint density at radius 3 is 1.48 bits per heavy atom. The van der Waals surface area contributed by atoms with Gasteiger partial charge in [-0.3, -0.25) is 0 Å². The van der Waals surface area contributed by atoms with Crippen LogP contribution in [0.15, 0.2) is 126 Å². The molecule has 12 atom stereocenters. The lowest BCUT2D eigenvalue weighted by Gasteiger charge is -2.49. The number of rotatable bonds is 20. The van der Waals surface area contributed by atoms with E-state index in [1.54, 1.807) is 0 Å². The summed E-state index contributed by atoms with van der Waals surface area (Å²) >= 11 is 0. The molecule has 4 aromatic carbocycles. The topological polar surface area (TPSA) is 215 Å². The van der Waals surface area contributed by atoms with Gasteiger partial charge in [-0.2, -0.15) is 0 Å². The lowest BCUT2D eigenvalue weighted by molar-refractivity contribution is -0.358. The molecule has 4 aromatic rings. The summed E-state index contributed by atoms with van der Waals surface area (Å²) in [5.41, 5.74) is 12.5. The molecular weight excluding hydrogens is 750 g/mol. The van der Waals surface area contributed by atoms with Crippen LogP contribution < -0.4 is 0 Å². The number of azide groups is 1. The molecule has 1 saturated heterocycles. The molecule has 2 aliphatic rings. The van der Waals surface area contributed by atoms with Crippen molar-refractivity contribution in [3.8, 4) is 0 Å². The smallest absolute Gasteiger partial charge is 0.187 e. The zero-order valence-corrected chi connectivity index (χ0v) is 31.9. The number of benzene rings is 4. The van der Waals surface area contributed by atoms with E-state index in [-0.39, 0.29) is 33.0 Å². The van der Waals surface area contributed by atoms with E-state index in [2.05, 4.69) is 10.0 Å². The van der Waals surface area contributed by atoms with E-state index in [1.807, 2.05) is 121 Å². The average Bonchev–Trinajstić information content (AvgIpc) is 3.26. The van der Waals surface area contributed by atoms with Gasteiger partial charge in [-0.05, 0) is 27.8 Å². The van der Waals surface area contributed by atoms with Crippen molar-refractivity contribution in [1.82, 2.24) is 0 Å². The Labute approximate surface area is 336 Å². The Morgan fingerprint density at radius 1 is 0.552 bits per heavy atom. The molecule has 1 saturated carbocycles. The van der Waals surface area contributed by atoms with Crippen LogP contribution in [0, 0.1) is 0 Å². The molecule has 0 amide bonds. The normalized spacial score (nSPS) is 29.0. The fourth-order valence-electron chi connectivity index (χ4n) is 6.96. The number of aliphatic hydroxyl groups is 5. The molecule has 310 valence electrons. The molecule has 0 spiro atoms. The summed E-state index contributed by atoms with van der Waals surface area (Å²) in [6.45, 7) is -0.305. The van der Waals surface area contributed by atoms with Gasteiger partial charge < -0.3 is 58.7 Å². The summed E-state index contributed by atoms with van der Waals surface area (Å²) in [6.07, 6.45) is -15.3. The molecule has 0 radical (unpaired) electrons. The lowest BCUT2D eigenvalue weighted by Crippen LogP contribution is -2.68. The molecule has 5 N–H and O–H groups in total. The number of hydrogen-bond acceptors (Lipinski definition) is 13. The van der Waals surface area contributed by atoms with Crippen LogP contribution in [0.3, 0.4) is 0 Å². The number of nitrogens with zero attached hydrogens (tertiary/aromatic N) is 3. The van der Waals surface area contributed by atoms with Gasteiger partial charge in [-0.15, -0.1) is 0 Å². The first-order valence-corrected chi connectivity index (χ1v) is 19.2. The molecule has 15 nitrogen and oxygen atoms in total. The van der Waals surface area contributed by atoms with Gasteiger partial charge in [0.15, 0.2) is 6.29 Å². The monoisotopic (exact) mass is 801 g/mol. The fourth-order valence-corrected chi connectivity index (χ4v) is 6.96. The molecule has 0 unspecified atom stereocenters. The minimum Gasteiger partial charge on any atom is -0.396 e. The maximum Gasteiger partial charge on any atom is 0.187 e. The molecular formula is C43H51N3O12. The highest BCUT2D eigenvalue weighted by Gasteiger charge is 2.55. The van der Waals surface area contributed by atoms with E-state index >= 15 is 0 Å². The first kappa shape index (κ1) is 43.3. The Bertz CT molecular complexity index is 1810. The van der Waals surface area contributed by atoms with Crippen molar-refractivity contribution in [2.45, 2.75) is 99.8 Å². The second kappa shape index (κ2) is 22.2. The van der Waals surface area contributed by atoms with E-state index in [0.717, 1.165) is 22.3 Å². The summed E-state index contributed by atoms with van der Waals surface area (Å²) in [4.78, 5) is 2.72. The van der Waals surface area contributed by atoms with Crippen LogP contribution >= 0.6 is 0 Å². The van der Waals surface area contributed by atoms with E-state index in [0.29, 0.717) is 0 Å². The molecule has 1 aliphatic heterocycles. The first-order valence-electron chi connectivity index (χ1n) is 19.2. The van der Waals surface area contributed by atoms with Crippen molar-refractivity contribution >= 4 is 0 Å². The van der Waals surface area contributed by atoms with E-state index < -0.39 is 86.6 Å². The van der Waals surface area contributed by atoms with Crippen molar-refractivity contribution in [2.75, 3.05) is 19.8 Å². The largest absolute Gasteiger partial charge is 0.396 e. The quantitative estimate of drug-likeness (QED) is 0.0493. The number of hydrogen-bond donors (Lipinski definition) is 5. The zero-order chi connectivity index (χ0) is 40.7. The van der Waals surface area contributed by atoms with Gasteiger partial charge in [0.1, 0.15) is 61.0 Å². The Balaban J connectivity index is 1.37. The molecule has 0 bridgehead atoms. The van der Waals surface area contributed by atoms with Gasteiger partial charge in [-0.1, -0.05) is 126 Å². The Kier molecular flexibility index (Phi) is 16.6. The van der Waals surface area contributed by atoms with Crippen molar-refractivity contribution in [2.24, 2.45) is 5.11 Å². The van der Waals surface area contributed by atoms with Gasteiger partial charge in [0.2, 0.25) is 0 Å². The third-order valence-electron chi connectivity index (χ3n) is 10.1. The third kappa shape index (κ3) is 11.7. The molecule has 58 heavy (non-hydrogen) atoms. The lowest BCUT2D eigenvalue weighted by atomic mass is 9.84. The highest BCUT2D eigenvalue weighted by Crippen LogP contribution is 2.35. The predicted octanol–water partition coefficient (Wildman–Crippen LogP) is 3.58. The highest BCUT2D eigenvalue weighted by molar-refractivity contribution is 5.16. The number of aliphatic hydroxyl groups excluding tert-OH is 5. The van der Waals surface area contributed by atoms with Crippen LogP contribution in [-0.4, -0.2) is 119 Å². The average molecular weight is 802 g/mol. The predicted molar refractivity (Wildman–Crippen MR) is 208 cm³/mol. The second-order valence-corrected chi connectivity index (χ2v) is 14.2. The summed E-state index contributed by atoms with van der Waals surface area (Å²) in [5.74, 6) is 0. The van der Waals surface area contributed by atoms with Crippen LogP contribution in [0.5, 0.6) is 0 Å². The van der Waals surface area contributed by atoms with Crippen molar-refractivity contribution in [3.05, 3.63) is 154 Å². The van der Waals surface area contributed by atoms with Gasteiger partial charge in [0, 0.05) is 4.91 Å². The van der Waals surface area contributed by atoms with Crippen LogP contribution in [-0.2, 0) is 59.6 Å². The Morgan fingerprint density at radius 2 is 1.00 bits per heavy atom. The summed E-state index contributed by atoms with van der Waals surface area (Å²) in [5, 5.41) is 57.4. The van der Waals surface area contributed by atoms with Gasteiger partial charge >= 0.3 is 0 Å². The maximum absolute atomic E-state index is 11.4. The minimum atomic E-state index is -1.85. The van der Waals surface area contributed by atoms with Crippen molar-refractivity contribution < 1.29 is 58.7 Å². The maximum atomic E-state index is 11.4. The Hall–Kier alpha value is -4.29. The van der Waals surface area contributed by atoms with Crippen molar-refractivity contribution in [1.29, 1.82) is 0 Å². The number of ether oxygens (including phenoxy) is 7.